The van der Waals surface area contributed by atoms with Crippen LogP contribution in [0.1, 0.15) is 16.5 Å². The molecule has 2 aromatic carbocycles. The zero-order valence-electron chi connectivity index (χ0n) is 9.34. The van der Waals surface area contributed by atoms with E-state index < -0.39 is 17.0 Å². The van der Waals surface area contributed by atoms with Gasteiger partial charge in [0.2, 0.25) is 0 Å². The molecule has 0 aliphatic rings. The molecule has 1 atom stereocenters. The monoisotopic (exact) mass is 330 g/mol. The molecule has 0 amide bonds. The Labute approximate surface area is 118 Å². The molecule has 0 aromatic heterocycles. The lowest BCUT2D eigenvalue weighted by atomic mass is 10.0. The van der Waals surface area contributed by atoms with E-state index in [0.717, 1.165) is 16.1 Å². The lowest BCUT2D eigenvalue weighted by Gasteiger charge is -2.11. The maximum atomic E-state index is 13.5. The third kappa shape index (κ3) is 3.30. The number of benzene rings is 2. The highest BCUT2D eigenvalue weighted by Gasteiger charge is 2.14. The molecule has 0 radical (unpaired) electrons. The van der Waals surface area contributed by atoms with Crippen LogP contribution in [0.25, 0.3) is 0 Å². The van der Waals surface area contributed by atoms with Gasteiger partial charge in [-0.1, -0.05) is 34.1 Å². The smallest absolute Gasteiger partial charge is 0.130 e. The van der Waals surface area contributed by atoms with Crippen LogP contribution in [-0.4, -0.2) is 0 Å². The Morgan fingerprint density at radius 1 is 1.11 bits per heavy atom. The zero-order chi connectivity index (χ0) is 13.1. The summed E-state index contributed by atoms with van der Waals surface area (Å²) in [5, 5.41) is -0.514. The maximum absolute atomic E-state index is 13.5. The van der Waals surface area contributed by atoms with Crippen LogP contribution in [-0.2, 0) is 6.42 Å². The second kappa shape index (κ2) is 5.81. The summed E-state index contributed by atoms with van der Waals surface area (Å²) in [4.78, 5) is 0. The SMILES string of the molecule is Fc1ccc(C(Cl)Cc2cccc(Br)c2)c(F)c1. The van der Waals surface area contributed by atoms with Crippen LogP contribution in [0.5, 0.6) is 0 Å². The molecule has 0 heterocycles. The van der Waals surface area contributed by atoms with Gasteiger partial charge in [-0.25, -0.2) is 8.78 Å². The Bertz CT molecular complexity index is 557. The number of halogens is 4. The Hall–Kier alpha value is -0.930. The van der Waals surface area contributed by atoms with Gasteiger partial charge in [-0.2, -0.15) is 0 Å². The van der Waals surface area contributed by atoms with Gasteiger partial charge in [0, 0.05) is 16.1 Å². The summed E-state index contributed by atoms with van der Waals surface area (Å²) in [5.41, 5.74) is 1.31. The molecule has 1 unspecified atom stereocenters. The van der Waals surface area contributed by atoms with Crippen LogP contribution in [0.15, 0.2) is 46.9 Å². The molecule has 0 saturated heterocycles. The molecule has 2 aromatic rings. The molecule has 18 heavy (non-hydrogen) atoms. The molecule has 0 aliphatic carbocycles. The minimum absolute atomic E-state index is 0.318. The average molecular weight is 332 g/mol. The van der Waals surface area contributed by atoms with Gasteiger partial charge in [0.25, 0.3) is 0 Å². The highest BCUT2D eigenvalue weighted by Crippen LogP contribution is 2.28. The number of hydrogen-bond donors (Lipinski definition) is 0. The molecule has 0 aliphatic heterocycles. The van der Waals surface area contributed by atoms with E-state index in [4.69, 9.17) is 11.6 Å². The quantitative estimate of drug-likeness (QED) is 0.674. The van der Waals surface area contributed by atoms with E-state index in [1.807, 2.05) is 24.3 Å². The molecule has 0 spiro atoms. The summed E-state index contributed by atoms with van der Waals surface area (Å²) in [5.74, 6) is -1.20. The minimum atomic E-state index is -0.606. The normalized spacial score (nSPS) is 12.4. The van der Waals surface area contributed by atoms with E-state index >= 15 is 0 Å². The van der Waals surface area contributed by atoms with Crippen molar-refractivity contribution in [2.75, 3.05) is 0 Å². The van der Waals surface area contributed by atoms with Gasteiger partial charge in [0.05, 0.1) is 5.38 Å². The lowest BCUT2D eigenvalue weighted by Crippen LogP contribution is -1.99. The summed E-state index contributed by atoms with van der Waals surface area (Å²) < 4.78 is 27.3. The summed E-state index contributed by atoms with van der Waals surface area (Å²) in [6, 6.07) is 11.1. The molecule has 0 saturated carbocycles. The van der Waals surface area contributed by atoms with Gasteiger partial charge < -0.3 is 0 Å². The first kappa shape index (κ1) is 13.5. The van der Waals surface area contributed by atoms with Crippen LogP contribution >= 0.6 is 27.5 Å². The fraction of sp³-hybridized carbons (Fsp3) is 0.143. The van der Waals surface area contributed by atoms with Crippen molar-refractivity contribution in [3.63, 3.8) is 0 Å². The van der Waals surface area contributed by atoms with Crippen molar-refractivity contribution >= 4 is 27.5 Å². The second-order valence-corrected chi connectivity index (χ2v) is 5.41. The van der Waals surface area contributed by atoms with Crippen molar-refractivity contribution in [3.8, 4) is 0 Å². The van der Waals surface area contributed by atoms with Crippen LogP contribution < -0.4 is 0 Å². The number of hydrogen-bond acceptors (Lipinski definition) is 0. The second-order valence-electron chi connectivity index (χ2n) is 3.97. The summed E-state index contributed by atoms with van der Waals surface area (Å²) in [6.45, 7) is 0. The van der Waals surface area contributed by atoms with Gasteiger partial charge >= 0.3 is 0 Å². The fourth-order valence-corrected chi connectivity index (χ4v) is 2.54. The van der Waals surface area contributed by atoms with Crippen molar-refractivity contribution < 1.29 is 8.78 Å². The van der Waals surface area contributed by atoms with E-state index in [-0.39, 0.29) is 0 Å². The van der Waals surface area contributed by atoms with Gasteiger partial charge in [-0.3, -0.25) is 0 Å². The Kier molecular flexibility index (Phi) is 4.36. The largest absolute Gasteiger partial charge is 0.207 e. The van der Waals surface area contributed by atoms with Crippen LogP contribution in [0, 0.1) is 11.6 Å². The van der Waals surface area contributed by atoms with Crippen molar-refractivity contribution in [3.05, 3.63) is 69.7 Å². The third-order valence-corrected chi connectivity index (χ3v) is 3.49. The van der Waals surface area contributed by atoms with Crippen molar-refractivity contribution in [2.45, 2.75) is 11.8 Å². The van der Waals surface area contributed by atoms with Crippen molar-refractivity contribution in [1.82, 2.24) is 0 Å². The Morgan fingerprint density at radius 2 is 1.89 bits per heavy atom. The lowest BCUT2D eigenvalue weighted by molar-refractivity contribution is 0.570. The molecule has 0 nitrogen and oxygen atoms in total. The van der Waals surface area contributed by atoms with E-state index in [1.165, 1.54) is 12.1 Å². The van der Waals surface area contributed by atoms with Crippen molar-refractivity contribution in [2.24, 2.45) is 0 Å². The zero-order valence-corrected chi connectivity index (χ0v) is 11.7. The fourth-order valence-electron chi connectivity index (χ4n) is 1.74. The van der Waals surface area contributed by atoms with Crippen molar-refractivity contribution in [1.29, 1.82) is 0 Å². The van der Waals surface area contributed by atoms with Crippen LogP contribution in [0.2, 0.25) is 0 Å². The number of alkyl halides is 1. The highest BCUT2D eigenvalue weighted by atomic mass is 79.9. The van der Waals surface area contributed by atoms with Crippen LogP contribution in [0.4, 0.5) is 8.78 Å². The molecular formula is C14H10BrClF2. The first-order valence-corrected chi connectivity index (χ1v) is 6.62. The number of rotatable bonds is 3. The first-order valence-electron chi connectivity index (χ1n) is 5.40. The predicted octanol–water partition coefficient (Wildman–Crippen LogP) is 5.25. The first-order chi connectivity index (χ1) is 8.56. The topological polar surface area (TPSA) is 0 Å². The molecule has 0 fully saturated rings. The Balaban J connectivity index is 2.19. The summed E-state index contributed by atoms with van der Waals surface area (Å²) >= 11 is 9.54. The van der Waals surface area contributed by atoms with Gasteiger partial charge in [-0.05, 0) is 30.2 Å². The van der Waals surface area contributed by atoms with Gasteiger partial charge in [0.15, 0.2) is 0 Å². The minimum Gasteiger partial charge on any atom is -0.207 e. The Morgan fingerprint density at radius 3 is 2.56 bits per heavy atom. The molecular weight excluding hydrogens is 322 g/mol. The highest BCUT2D eigenvalue weighted by molar-refractivity contribution is 9.10. The maximum Gasteiger partial charge on any atom is 0.130 e. The van der Waals surface area contributed by atoms with E-state index in [2.05, 4.69) is 15.9 Å². The van der Waals surface area contributed by atoms with E-state index in [1.54, 1.807) is 0 Å². The van der Waals surface area contributed by atoms with Crippen LogP contribution in [0.3, 0.4) is 0 Å². The van der Waals surface area contributed by atoms with Gasteiger partial charge in [-0.15, -0.1) is 11.6 Å². The molecule has 4 heteroatoms. The summed E-state index contributed by atoms with van der Waals surface area (Å²) in [7, 11) is 0. The molecule has 94 valence electrons. The van der Waals surface area contributed by atoms with E-state index in [9.17, 15) is 8.78 Å². The molecule has 0 N–H and O–H groups in total. The van der Waals surface area contributed by atoms with E-state index in [0.29, 0.717) is 12.0 Å². The third-order valence-electron chi connectivity index (χ3n) is 2.60. The standard InChI is InChI=1S/C14H10BrClF2/c15-10-3-1-2-9(6-10)7-13(16)12-5-4-11(17)8-14(12)18/h1-6,8,13H,7H2. The average Bonchev–Trinajstić information content (AvgIpc) is 2.28. The molecule has 2 rings (SSSR count). The summed E-state index contributed by atoms with van der Waals surface area (Å²) in [6.07, 6.45) is 0.490. The predicted molar refractivity (Wildman–Crippen MR) is 72.8 cm³/mol. The van der Waals surface area contributed by atoms with Gasteiger partial charge in [0.1, 0.15) is 11.6 Å². The molecule has 0 bridgehead atoms.